The van der Waals surface area contributed by atoms with Crippen LogP contribution in [0, 0.1) is 17.3 Å². The van der Waals surface area contributed by atoms with E-state index in [0.29, 0.717) is 12.8 Å². The van der Waals surface area contributed by atoms with E-state index in [9.17, 15) is 25.5 Å². The lowest BCUT2D eigenvalue weighted by molar-refractivity contribution is -0.234. The zero-order chi connectivity index (χ0) is 17.1. The predicted molar refractivity (Wildman–Crippen MR) is 82.0 cm³/mol. The minimum Gasteiger partial charge on any atom is -0.394 e. The highest BCUT2D eigenvalue weighted by Crippen LogP contribution is 2.55. The van der Waals surface area contributed by atoms with Crippen LogP contribution in [0.2, 0.25) is 0 Å². The van der Waals surface area contributed by atoms with Gasteiger partial charge >= 0.3 is 0 Å². The van der Waals surface area contributed by atoms with Crippen LogP contribution in [0.15, 0.2) is 0 Å². The molecule has 1 aliphatic carbocycles. The third kappa shape index (κ3) is 3.47. The number of aliphatic hydroxyl groups is 6. The van der Waals surface area contributed by atoms with Gasteiger partial charge in [0.05, 0.1) is 31.0 Å². The molecule has 6 unspecified atom stereocenters. The van der Waals surface area contributed by atoms with Crippen LogP contribution in [0.1, 0.15) is 46.5 Å². The molecule has 6 nitrogen and oxygen atoms in total. The van der Waals surface area contributed by atoms with Crippen molar-refractivity contribution in [1.29, 1.82) is 0 Å². The second-order valence-electron chi connectivity index (χ2n) is 7.31. The van der Waals surface area contributed by atoms with Crippen LogP contribution < -0.4 is 0 Å². The maximum Gasteiger partial charge on any atom is 0.104 e. The molecule has 0 aromatic heterocycles. The van der Waals surface area contributed by atoms with Crippen LogP contribution in [0.4, 0.5) is 0 Å². The lowest BCUT2D eigenvalue weighted by Crippen LogP contribution is -2.65. The first-order valence-corrected chi connectivity index (χ1v) is 8.13. The molecule has 0 saturated heterocycles. The monoisotopic (exact) mass is 320 g/mol. The van der Waals surface area contributed by atoms with E-state index in [4.69, 9.17) is 5.11 Å². The number of aliphatic hydroxyl groups excluding tert-OH is 5. The van der Waals surface area contributed by atoms with Crippen molar-refractivity contribution in [2.24, 2.45) is 17.3 Å². The molecule has 1 rings (SSSR count). The lowest BCUT2D eigenvalue weighted by atomic mass is 9.51. The van der Waals surface area contributed by atoms with Gasteiger partial charge in [0.1, 0.15) is 6.10 Å². The van der Waals surface area contributed by atoms with E-state index in [2.05, 4.69) is 0 Å². The second kappa shape index (κ2) is 7.55. The molecular weight excluding hydrogens is 288 g/mol. The highest BCUT2D eigenvalue weighted by molar-refractivity contribution is 5.10. The molecule has 0 heterocycles. The molecule has 0 spiro atoms. The van der Waals surface area contributed by atoms with Gasteiger partial charge in [-0.05, 0) is 31.1 Å². The van der Waals surface area contributed by atoms with Crippen LogP contribution in [0.5, 0.6) is 0 Å². The van der Waals surface area contributed by atoms with E-state index in [1.807, 2.05) is 20.8 Å². The van der Waals surface area contributed by atoms with E-state index >= 15 is 0 Å². The highest BCUT2D eigenvalue weighted by atomic mass is 16.4. The van der Waals surface area contributed by atoms with Crippen molar-refractivity contribution in [3.8, 4) is 0 Å². The van der Waals surface area contributed by atoms with Gasteiger partial charge in [0.25, 0.3) is 0 Å². The summed E-state index contributed by atoms with van der Waals surface area (Å²) in [6.07, 6.45) is -2.18. The minimum absolute atomic E-state index is 0.0682. The summed E-state index contributed by atoms with van der Waals surface area (Å²) in [5.41, 5.74) is -2.46. The Hall–Kier alpha value is -0.240. The first-order chi connectivity index (χ1) is 10.1. The molecule has 0 bridgehead atoms. The normalized spacial score (nSPS) is 37.1. The van der Waals surface area contributed by atoms with E-state index in [1.165, 1.54) is 0 Å². The van der Waals surface area contributed by atoms with Crippen LogP contribution in [-0.2, 0) is 0 Å². The molecule has 6 N–H and O–H groups in total. The number of hydrogen-bond donors (Lipinski definition) is 6. The molecule has 132 valence electrons. The molecule has 0 aromatic rings. The summed E-state index contributed by atoms with van der Waals surface area (Å²) in [5.74, 6) is 0.0355. The summed E-state index contributed by atoms with van der Waals surface area (Å²) in [5, 5.41) is 60.1. The molecular formula is C16H32O6. The average Bonchev–Trinajstić information content (AvgIpc) is 2.45. The molecule has 22 heavy (non-hydrogen) atoms. The van der Waals surface area contributed by atoms with E-state index in [0.717, 1.165) is 6.42 Å². The highest BCUT2D eigenvalue weighted by Gasteiger charge is 2.60. The largest absolute Gasteiger partial charge is 0.394 e. The zero-order valence-electron chi connectivity index (χ0n) is 13.8. The third-order valence-electron chi connectivity index (χ3n) is 5.50. The molecule has 0 aliphatic heterocycles. The Balaban J connectivity index is 3.29. The van der Waals surface area contributed by atoms with Crippen molar-refractivity contribution in [3.05, 3.63) is 0 Å². The van der Waals surface area contributed by atoms with Gasteiger partial charge in [-0.3, -0.25) is 0 Å². The van der Waals surface area contributed by atoms with Crippen LogP contribution >= 0.6 is 0 Å². The van der Waals surface area contributed by atoms with E-state index < -0.39 is 42.5 Å². The Bertz CT molecular complexity index is 350. The SMILES string of the molecule is CC1CCC(C(C)C)(C(O)C(O)CO)C(O)(CC(O)CO)C1. The summed E-state index contributed by atoms with van der Waals surface area (Å²) in [4.78, 5) is 0. The summed E-state index contributed by atoms with van der Waals surface area (Å²) in [6, 6.07) is 0. The van der Waals surface area contributed by atoms with Crippen molar-refractivity contribution in [2.75, 3.05) is 13.2 Å². The van der Waals surface area contributed by atoms with Gasteiger partial charge in [-0.2, -0.15) is 0 Å². The molecule has 0 radical (unpaired) electrons. The average molecular weight is 320 g/mol. The van der Waals surface area contributed by atoms with Gasteiger partial charge in [0, 0.05) is 11.8 Å². The Labute approximate surface area is 132 Å². The summed E-state index contributed by atoms with van der Waals surface area (Å²) < 4.78 is 0. The third-order valence-corrected chi connectivity index (χ3v) is 5.50. The molecule has 0 aromatic carbocycles. The fourth-order valence-corrected chi connectivity index (χ4v) is 4.35. The first-order valence-electron chi connectivity index (χ1n) is 8.13. The van der Waals surface area contributed by atoms with E-state index in [1.54, 1.807) is 0 Å². The number of hydrogen-bond acceptors (Lipinski definition) is 6. The molecule has 0 amide bonds. The molecule has 6 atom stereocenters. The van der Waals surface area contributed by atoms with Crippen molar-refractivity contribution in [1.82, 2.24) is 0 Å². The van der Waals surface area contributed by atoms with Gasteiger partial charge in [-0.1, -0.05) is 20.8 Å². The minimum atomic E-state index is -1.42. The second-order valence-corrected chi connectivity index (χ2v) is 7.31. The van der Waals surface area contributed by atoms with E-state index in [-0.39, 0.29) is 18.3 Å². The maximum atomic E-state index is 11.3. The summed E-state index contributed by atoms with van der Waals surface area (Å²) in [6.45, 7) is 4.65. The van der Waals surface area contributed by atoms with Crippen molar-refractivity contribution in [2.45, 2.75) is 70.4 Å². The topological polar surface area (TPSA) is 121 Å². The van der Waals surface area contributed by atoms with Gasteiger partial charge in [0.2, 0.25) is 0 Å². The zero-order valence-corrected chi connectivity index (χ0v) is 13.8. The first kappa shape index (κ1) is 19.8. The van der Waals surface area contributed by atoms with Gasteiger partial charge in [0.15, 0.2) is 0 Å². The summed E-state index contributed by atoms with van der Waals surface area (Å²) in [7, 11) is 0. The van der Waals surface area contributed by atoms with Crippen LogP contribution in [-0.4, -0.2) is 67.8 Å². The molecule has 1 aliphatic rings. The Morgan fingerprint density at radius 1 is 1.09 bits per heavy atom. The fourth-order valence-electron chi connectivity index (χ4n) is 4.35. The van der Waals surface area contributed by atoms with Gasteiger partial charge in [-0.25, -0.2) is 0 Å². The Kier molecular flexibility index (Phi) is 6.80. The maximum absolute atomic E-state index is 11.3. The Morgan fingerprint density at radius 2 is 1.68 bits per heavy atom. The van der Waals surface area contributed by atoms with Crippen molar-refractivity contribution in [3.63, 3.8) is 0 Å². The Morgan fingerprint density at radius 3 is 2.14 bits per heavy atom. The fraction of sp³-hybridized carbons (Fsp3) is 1.00. The predicted octanol–water partition coefficient (Wildman–Crippen LogP) is -0.363. The van der Waals surface area contributed by atoms with Crippen LogP contribution in [0.3, 0.4) is 0 Å². The van der Waals surface area contributed by atoms with Crippen molar-refractivity contribution >= 4 is 0 Å². The van der Waals surface area contributed by atoms with Crippen LogP contribution in [0.25, 0.3) is 0 Å². The smallest absolute Gasteiger partial charge is 0.104 e. The van der Waals surface area contributed by atoms with Gasteiger partial charge < -0.3 is 30.6 Å². The molecule has 1 fully saturated rings. The summed E-state index contributed by atoms with van der Waals surface area (Å²) >= 11 is 0. The van der Waals surface area contributed by atoms with Gasteiger partial charge in [-0.15, -0.1) is 0 Å². The van der Waals surface area contributed by atoms with Crippen molar-refractivity contribution < 1.29 is 30.6 Å². The standard InChI is InChI=1S/C16H32O6/c1-10(2)16(14(21)13(20)9-18)5-4-11(3)6-15(16,22)7-12(19)8-17/h10-14,17-22H,4-9H2,1-3H3. The molecule has 1 saturated carbocycles. The quantitative estimate of drug-likeness (QED) is 0.381. The number of rotatable bonds is 7. The lowest BCUT2D eigenvalue weighted by Gasteiger charge is -2.58. The molecule has 6 heteroatoms.